The number of methoxy groups -OCH3 is 1. The molecular weight excluding hydrogens is 288 g/mol. The highest BCUT2D eigenvalue weighted by molar-refractivity contribution is 5.85. The molecule has 21 heavy (non-hydrogen) atoms. The Hall–Kier alpha value is -1.23. The minimum atomic E-state index is 0. The van der Waals surface area contributed by atoms with Crippen LogP contribution in [-0.4, -0.2) is 63.3 Å². The van der Waals surface area contributed by atoms with Crippen LogP contribution in [0.15, 0.2) is 36.4 Å². The highest BCUT2D eigenvalue weighted by atomic mass is 35.5. The van der Waals surface area contributed by atoms with Gasteiger partial charge in [0.25, 0.3) is 0 Å². The van der Waals surface area contributed by atoms with Gasteiger partial charge in [-0.25, -0.2) is 0 Å². The lowest BCUT2D eigenvalue weighted by molar-refractivity contribution is 0.166. The third-order valence-corrected chi connectivity index (χ3v) is 3.53. The highest BCUT2D eigenvalue weighted by Crippen LogP contribution is 2.16. The Bertz CT molecular complexity index is 415. The third-order valence-electron chi connectivity index (χ3n) is 3.53. The van der Waals surface area contributed by atoms with Crippen molar-refractivity contribution in [3.8, 4) is 11.5 Å². The van der Waals surface area contributed by atoms with Crippen LogP contribution in [-0.2, 0) is 0 Å². The first kappa shape index (κ1) is 17.8. The maximum Gasteiger partial charge on any atom is 0.120 e. The Morgan fingerprint density at radius 3 is 2.24 bits per heavy atom. The number of likely N-dealkylation sites (N-methyl/N-ethyl adjacent to an activating group) is 1. The summed E-state index contributed by atoms with van der Waals surface area (Å²) in [5, 5.41) is 0. The van der Waals surface area contributed by atoms with E-state index in [2.05, 4.69) is 29.0 Å². The number of halogens is 1. The second-order valence-corrected chi connectivity index (χ2v) is 5.06. The fraction of sp³-hybridized carbons (Fsp3) is 0.500. The summed E-state index contributed by atoms with van der Waals surface area (Å²) in [5.74, 6) is 1.72. The smallest absolute Gasteiger partial charge is 0.120 e. The molecule has 0 amide bonds. The number of benzene rings is 1. The SMILES string of the molecule is COc1ccc(OCC=CCN2CCN(C)CC2)cc1.Cl. The average Bonchev–Trinajstić information content (AvgIpc) is 2.49. The minimum Gasteiger partial charge on any atom is -0.497 e. The first-order valence-corrected chi connectivity index (χ1v) is 7.10. The number of nitrogens with zero attached hydrogens (tertiary/aromatic N) is 2. The molecule has 1 aromatic carbocycles. The van der Waals surface area contributed by atoms with Gasteiger partial charge in [-0.1, -0.05) is 12.2 Å². The van der Waals surface area contributed by atoms with Crippen molar-refractivity contribution in [3.63, 3.8) is 0 Å². The molecule has 0 radical (unpaired) electrons. The van der Waals surface area contributed by atoms with Crippen LogP contribution < -0.4 is 9.47 Å². The lowest BCUT2D eigenvalue weighted by Crippen LogP contribution is -2.44. The summed E-state index contributed by atoms with van der Waals surface area (Å²) in [6.07, 6.45) is 4.28. The van der Waals surface area contributed by atoms with Crippen LogP contribution in [0.1, 0.15) is 0 Å². The van der Waals surface area contributed by atoms with E-state index in [0.717, 1.165) is 44.2 Å². The fourth-order valence-electron chi connectivity index (χ4n) is 2.14. The van der Waals surface area contributed by atoms with Gasteiger partial charge in [-0.15, -0.1) is 12.4 Å². The Balaban J connectivity index is 0.00000220. The minimum absolute atomic E-state index is 0. The molecule has 1 aliphatic rings. The van der Waals surface area contributed by atoms with Gasteiger partial charge in [-0.2, -0.15) is 0 Å². The molecule has 1 fully saturated rings. The van der Waals surface area contributed by atoms with Crippen LogP contribution in [0.4, 0.5) is 0 Å². The van der Waals surface area contributed by atoms with Gasteiger partial charge in [0.1, 0.15) is 18.1 Å². The third kappa shape index (κ3) is 6.38. The number of ether oxygens (including phenoxy) is 2. The van der Waals surface area contributed by atoms with Crippen LogP contribution in [0.2, 0.25) is 0 Å². The normalized spacial score (nSPS) is 16.7. The van der Waals surface area contributed by atoms with Crippen molar-refractivity contribution in [2.45, 2.75) is 0 Å². The van der Waals surface area contributed by atoms with E-state index in [1.54, 1.807) is 7.11 Å². The molecule has 0 aliphatic carbocycles. The van der Waals surface area contributed by atoms with Gasteiger partial charge >= 0.3 is 0 Å². The first-order valence-electron chi connectivity index (χ1n) is 7.10. The largest absolute Gasteiger partial charge is 0.497 e. The quantitative estimate of drug-likeness (QED) is 0.753. The lowest BCUT2D eigenvalue weighted by atomic mass is 10.3. The molecule has 0 unspecified atom stereocenters. The highest BCUT2D eigenvalue weighted by Gasteiger charge is 2.11. The summed E-state index contributed by atoms with van der Waals surface area (Å²) < 4.78 is 10.8. The van der Waals surface area contributed by atoms with Crippen LogP contribution in [0.3, 0.4) is 0 Å². The maximum absolute atomic E-state index is 5.64. The van der Waals surface area contributed by atoms with Crippen molar-refractivity contribution in [1.29, 1.82) is 0 Å². The van der Waals surface area contributed by atoms with Crippen molar-refractivity contribution >= 4 is 12.4 Å². The molecule has 5 heteroatoms. The van der Waals surface area contributed by atoms with Crippen molar-refractivity contribution in [3.05, 3.63) is 36.4 Å². The van der Waals surface area contributed by atoms with Gasteiger partial charge in [0, 0.05) is 32.7 Å². The second-order valence-electron chi connectivity index (χ2n) is 5.06. The lowest BCUT2D eigenvalue weighted by Gasteiger charge is -2.31. The standard InChI is InChI=1S/C16H24N2O2.ClH/c1-17-10-12-18(13-11-17)9-3-4-14-20-16-7-5-15(19-2)6-8-16;/h3-8H,9-14H2,1-2H3;1H. The molecular formula is C16H25ClN2O2. The average molecular weight is 313 g/mol. The molecule has 0 atom stereocenters. The van der Waals surface area contributed by atoms with E-state index < -0.39 is 0 Å². The van der Waals surface area contributed by atoms with Gasteiger partial charge in [-0.05, 0) is 31.3 Å². The molecule has 1 aliphatic heterocycles. The number of rotatable bonds is 6. The van der Waals surface area contributed by atoms with Gasteiger partial charge < -0.3 is 14.4 Å². The van der Waals surface area contributed by atoms with Gasteiger partial charge in [0.15, 0.2) is 0 Å². The molecule has 2 rings (SSSR count). The van der Waals surface area contributed by atoms with Crippen LogP contribution in [0, 0.1) is 0 Å². The van der Waals surface area contributed by atoms with E-state index in [9.17, 15) is 0 Å². The van der Waals surface area contributed by atoms with Crippen LogP contribution in [0.25, 0.3) is 0 Å². The van der Waals surface area contributed by atoms with E-state index >= 15 is 0 Å². The molecule has 0 aromatic heterocycles. The van der Waals surface area contributed by atoms with E-state index in [4.69, 9.17) is 9.47 Å². The zero-order valence-corrected chi connectivity index (χ0v) is 13.6. The molecule has 1 aromatic rings. The predicted octanol–water partition coefficient (Wildman–Crippen LogP) is 2.30. The molecule has 0 bridgehead atoms. The van der Waals surface area contributed by atoms with Crippen molar-refractivity contribution < 1.29 is 9.47 Å². The summed E-state index contributed by atoms with van der Waals surface area (Å²) in [4.78, 5) is 4.83. The predicted molar refractivity (Wildman–Crippen MR) is 88.8 cm³/mol. The second kappa shape index (κ2) is 9.66. The summed E-state index contributed by atoms with van der Waals surface area (Å²) in [6, 6.07) is 7.66. The zero-order chi connectivity index (χ0) is 14.2. The molecule has 1 heterocycles. The molecule has 118 valence electrons. The van der Waals surface area contributed by atoms with E-state index in [-0.39, 0.29) is 12.4 Å². The molecule has 4 nitrogen and oxygen atoms in total. The Kier molecular flexibility index (Phi) is 8.20. The number of hydrogen-bond acceptors (Lipinski definition) is 4. The van der Waals surface area contributed by atoms with E-state index in [1.165, 1.54) is 0 Å². The van der Waals surface area contributed by atoms with Crippen LogP contribution in [0.5, 0.6) is 11.5 Å². The Morgan fingerprint density at radius 1 is 1.00 bits per heavy atom. The van der Waals surface area contributed by atoms with Gasteiger partial charge in [-0.3, -0.25) is 4.90 Å². The maximum atomic E-state index is 5.64. The first-order chi connectivity index (χ1) is 9.78. The van der Waals surface area contributed by atoms with Crippen molar-refractivity contribution in [1.82, 2.24) is 9.80 Å². The molecule has 0 N–H and O–H groups in total. The zero-order valence-electron chi connectivity index (χ0n) is 12.8. The Morgan fingerprint density at radius 2 is 1.62 bits per heavy atom. The number of hydrogen-bond donors (Lipinski definition) is 0. The molecule has 0 spiro atoms. The van der Waals surface area contributed by atoms with E-state index in [1.807, 2.05) is 24.3 Å². The van der Waals surface area contributed by atoms with Crippen molar-refractivity contribution in [2.75, 3.05) is 53.5 Å². The fourth-order valence-corrected chi connectivity index (χ4v) is 2.14. The summed E-state index contributed by atoms with van der Waals surface area (Å²) in [6.45, 7) is 6.26. The molecule has 1 saturated heterocycles. The van der Waals surface area contributed by atoms with Gasteiger partial charge in [0.05, 0.1) is 7.11 Å². The Labute approximate surface area is 133 Å². The van der Waals surface area contributed by atoms with Gasteiger partial charge in [0.2, 0.25) is 0 Å². The summed E-state index contributed by atoms with van der Waals surface area (Å²) in [7, 11) is 3.84. The number of piperazine rings is 1. The van der Waals surface area contributed by atoms with E-state index in [0.29, 0.717) is 6.61 Å². The van der Waals surface area contributed by atoms with Crippen LogP contribution >= 0.6 is 12.4 Å². The monoisotopic (exact) mass is 312 g/mol. The summed E-state index contributed by atoms with van der Waals surface area (Å²) >= 11 is 0. The van der Waals surface area contributed by atoms with Crippen molar-refractivity contribution in [2.24, 2.45) is 0 Å². The topological polar surface area (TPSA) is 24.9 Å². The molecule has 0 saturated carbocycles. The summed E-state index contributed by atoms with van der Waals surface area (Å²) in [5.41, 5.74) is 0.